The van der Waals surface area contributed by atoms with E-state index in [2.05, 4.69) is 0 Å². The minimum Gasteiger partial charge on any atom is -0.342 e. The molecule has 1 aliphatic heterocycles. The van der Waals surface area contributed by atoms with E-state index < -0.39 is 24.8 Å². The number of carbonyl (C=O) groups excluding carboxylic acids is 1. The summed E-state index contributed by atoms with van der Waals surface area (Å²) >= 11 is 0. The Bertz CT molecular complexity index is 305. The van der Waals surface area contributed by atoms with Gasteiger partial charge in [-0.1, -0.05) is 0 Å². The van der Waals surface area contributed by atoms with Crippen molar-refractivity contribution in [3.05, 3.63) is 0 Å². The fraction of sp³-hybridized carbons (Fsp3) is 0.917. The van der Waals surface area contributed by atoms with E-state index in [1.54, 1.807) is 4.90 Å². The zero-order chi connectivity index (χ0) is 14.6. The second kappa shape index (κ2) is 6.56. The molecule has 4 nitrogen and oxygen atoms in total. The van der Waals surface area contributed by atoms with Crippen molar-refractivity contribution in [2.45, 2.75) is 44.9 Å². The van der Waals surface area contributed by atoms with Crippen molar-refractivity contribution < 1.29 is 18.0 Å². The van der Waals surface area contributed by atoms with Crippen LogP contribution in [0.15, 0.2) is 0 Å². The summed E-state index contributed by atoms with van der Waals surface area (Å²) in [4.78, 5) is 15.0. The van der Waals surface area contributed by atoms with Crippen molar-refractivity contribution in [3.8, 4) is 0 Å². The summed E-state index contributed by atoms with van der Waals surface area (Å²) in [5.74, 6) is -0.217. The third kappa shape index (κ3) is 3.60. The van der Waals surface area contributed by atoms with Crippen molar-refractivity contribution in [1.82, 2.24) is 9.80 Å². The minimum atomic E-state index is -4.39. The fourth-order valence-electron chi connectivity index (χ4n) is 2.63. The van der Waals surface area contributed by atoms with E-state index in [-0.39, 0.29) is 12.5 Å². The van der Waals surface area contributed by atoms with Crippen LogP contribution >= 0.6 is 0 Å². The highest BCUT2D eigenvalue weighted by atomic mass is 19.4. The Morgan fingerprint density at radius 1 is 1.42 bits per heavy atom. The molecule has 0 spiro atoms. The summed E-state index contributed by atoms with van der Waals surface area (Å²) < 4.78 is 38.8. The van der Waals surface area contributed by atoms with Gasteiger partial charge in [0.2, 0.25) is 5.91 Å². The first kappa shape index (κ1) is 16.2. The normalized spacial score (nSPS) is 22.5. The summed E-state index contributed by atoms with van der Waals surface area (Å²) in [5, 5.41) is 0. The van der Waals surface area contributed by atoms with Crippen LogP contribution in [0, 0.1) is 0 Å². The van der Waals surface area contributed by atoms with Crippen LogP contribution in [0.1, 0.15) is 26.7 Å². The van der Waals surface area contributed by atoms with Crippen LogP contribution in [0.25, 0.3) is 0 Å². The molecule has 1 heterocycles. The highest BCUT2D eigenvalue weighted by molar-refractivity contribution is 5.82. The van der Waals surface area contributed by atoms with Gasteiger partial charge in [-0.2, -0.15) is 13.2 Å². The predicted octanol–water partition coefficient (Wildman–Crippen LogP) is 1.21. The average molecular weight is 281 g/mol. The quantitative estimate of drug-likeness (QED) is 0.824. The molecule has 1 amide bonds. The summed E-state index contributed by atoms with van der Waals surface area (Å²) in [6.45, 7) is 4.44. The Labute approximate surface area is 111 Å². The van der Waals surface area contributed by atoms with E-state index in [4.69, 9.17) is 5.73 Å². The molecule has 1 fully saturated rings. The van der Waals surface area contributed by atoms with Crippen LogP contribution in [0.3, 0.4) is 0 Å². The largest absolute Gasteiger partial charge is 0.405 e. The van der Waals surface area contributed by atoms with Gasteiger partial charge >= 0.3 is 6.18 Å². The van der Waals surface area contributed by atoms with Crippen LogP contribution in [0.5, 0.6) is 0 Å². The monoisotopic (exact) mass is 281 g/mol. The first-order valence-electron chi connectivity index (χ1n) is 6.68. The van der Waals surface area contributed by atoms with Gasteiger partial charge in [-0.05, 0) is 33.2 Å². The van der Waals surface area contributed by atoms with E-state index in [0.29, 0.717) is 25.9 Å². The molecule has 7 heteroatoms. The van der Waals surface area contributed by atoms with Crippen molar-refractivity contribution in [3.63, 3.8) is 0 Å². The van der Waals surface area contributed by atoms with E-state index in [1.807, 2.05) is 13.8 Å². The maximum absolute atomic E-state index is 12.9. The zero-order valence-electron chi connectivity index (χ0n) is 11.4. The fourth-order valence-corrected chi connectivity index (χ4v) is 2.63. The molecule has 0 aliphatic carbocycles. The number of likely N-dealkylation sites (tertiary alicyclic amines) is 1. The summed E-state index contributed by atoms with van der Waals surface area (Å²) in [7, 11) is 0. The van der Waals surface area contributed by atoms with Gasteiger partial charge in [0, 0.05) is 19.6 Å². The van der Waals surface area contributed by atoms with Gasteiger partial charge in [-0.3, -0.25) is 9.69 Å². The molecule has 0 aromatic carbocycles. The maximum Gasteiger partial charge on any atom is 0.405 e. The lowest BCUT2D eigenvalue weighted by Crippen LogP contribution is -2.56. The number of carbonyl (C=O) groups is 1. The van der Waals surface area contributed by atoms with Crippen molar-refractivity contribution in [2.75, 3.05) is 26.2 Å². The highest BCUT2D eigenvalue weighted by Crippen LogP contribution is 2.30. The number of rotatable bonds is 5. The molecule has 0 unspecified atom stereocenters. The Kier molecular flexibility index (Phi) is 5.61. The van der Waals surface area contributed by atoms with Gasteiger partial charge in [0.05, 0.1) is 6.04 Å². The lowest BCUT2D eigenvalue weighted by atomic mass is 10.1. The number of hydrogen-bond donors (Lipinski definition) is 1. The number of likely N-dealkylation sites (N-methyl/N-ethyl adjacent to an activating group) is 1. The third-order valence-electron chi connectivity index (χ3n) is 3.66. The van der Waals surface area contributed by atoms with Crippen molar-refractivity contribution in [1.29, 1.82) is 0 Å². The molecule has 2 atom stereocenters. The van der Waals surface area contributed by atoms with Crippen LogP contribution < -0.4 is 5.73 Å². The number of alkyl halides is 3. The van der Waals surface area contributed by atoms with Gasteiger partial charge in [0.25, 0.3) is 0 Å². The Balaban J connectivity index is 2.86. The SMILES string of the molecule is CCN(CC)C(=O)[C@@H]1CCCN1[C@H](CN)C(F)(F)F. The molecule has 19 heavy (non-hydrogen) atoms. The minimum absolute atomic E-state index is 0.217. The number of hydrogen-bond acceptors (Lipinski definition) is 3. The second-order valence-electron chi connectivity index (χ2n) is 4.70. The molecule has 1 saturated heterocycles. The molecule has 0 bridgehead atoms. The summed E-state index contributed by atoms with van der Waals surface area (Å²) in [6.07, 6.45) is -3.31. The van der Waals surface area contributed by atoms with Gasteiger partial charge in [-0.15, -0.1) is 0 Å². The summed E-state index contributed by atoms with van der Waals surface area (Å²) in [6, 6.07) is -2.41. The third-order valence-corrected chi connectivity index (χ3v) is 3.66. The molecular weight excluding hydrogens is 259 g/mol. The van der Waals surface area contributed by atoms with Crippen LogP contribution in [-0.4, -0.2) is 60.1 Å². The predicted molar refractivity (Wildman–Crippen MR) is 66.6 cm³/mol. The first-order valence-corrected chi connectivity index (χ1v) is 6.68. The van der Waals surface area contributed by atoms with E-state index in [0.717, 1.165) is 0 Å². The van der Waals surface area contributed by atoms with Gasteiger partial charge < -0.3 is 10.6 Å². The zero-order valence-corrected chi connectivity index (χ0v) is 11.4. The smallest absolute Gasteiger partial charge is 0.342 e. The van der Waals surface area contributed by atoms with Gasteiger partial charge in [0.1, 0.15) is 6.04 Å². The van der Waals surface area contributed by atoms with Crippen LogP contribution in [0.4, 0.5) is 13.2 Å². The lowest BCUT2D eigenvalue weighted by Gasteiger charge is -2.35. The topological polar surface area (TPSA) is 49.6 Å². The highest BCUT2D eigenvalue weighted by Gasteiger charge is 2.48. The Morgan fingerprint density at radius 2 is 2.00 bits per heavy atom. The second-order valence-corrected chi connectivity index (χ2v) is 4.70. The molecule has 0 radical (unpaired) electrons. The van der Waals surface area contributed by atoms with Crippen LogP contribution in [-0.2, 0) is 4.79 Å². The number of nitrogens with two attached hydrogens (primary N) is 1. The number of halogens is 3. The molecule has 0 saturated carbocycles. The maximum atomic E-state index is 12.9. The molecular formula is C12H22F3N3O. The molecule has 1 aliphatic rings. The molecule has 0 aromatic rings. The van der Waals surface area contributed by atoms with Crippen LogP contribution in [0.2, 0.25) is 0 Å². The van der Waals surface area contributed by atoms with Gasteiger partial charge in [0.15, 0.2) is 0 Å². The van der Waals surface area contributed by atoms with E-state index in [9.17, 15) is 18.0 Å². The molecule has 1 rings (SSSR count). The average Bonchev–Trinajstić information content (AvgIpc) is 2.78. The molecule has 112 valence electrons. The number of nitrogens with zero attached hydrogens (tertiary/aromatic N) is 2. The van der Waals surface area contributed by atoms with Crippen molar-refractivity contribution >= 4 is 5.91 Å². The Morgan fingerprint density at radius 3 is 2.42 bits per heavy atom. The number of amides is 1. The summed E-state index contributed by atoms with van der Waals surface area (Å²) in [5.41, 5.74) is 5.26. The molecule has 2 N–H and O–H groups in total. The molecule has 0 aromatic heterocycles. The lowest BCUT2D eigenvalue weighted by molar-refractivity contribution is -0.185. The van der Waals surface area contributed by atoms with E-state index in [1.165, 1.54) is 4.90 Å². The van der Waals surface area contributed by atoms with Gasteiger partial charge in [-0.25, -0.2) is 0 Å². The van der Waals surface area contributed by atoms with E-state index >= 15 is 0 Å². The standard InChI is InChI=1S/C12H22F3N3O/c1-3-17(4-2)11(19)9-6-5-7-18(9)10(8-16)12(13,14)15/h9-10H,3-8,16H2,1-2H3/t9-,10+/m0/s1. The van der Waals surface area contributed by atoms with Crippen molar-refractivity contribution in [2.24, 2.45) is 5.73 Å². The first-order chi connectivity index (χ1) is 8.86. The Hall–Kier alpha value is -0.820.